The van der Waals surface area contributed by atoms with Crippen molar-refractivity contribution in [3.63, 3.8) is 0 Å². The summed E-state index contributed by atoms with van der Waals surface area (Å²) in [6.07, 6.45) is 0. The molecule has 0 fully saturated rings. The van der Waals surface area contributed by atoms with Crippen molar-refractivity contribution in [2.24, 2.45) is 0 Å². The molecule has 0 saturated heterocycles. The number of para-hydroxylation sites is 3. The number of fused-ring (bicyclic) bond motifs is 1. The monoisotopic (exact) mass is 424 g/mol. The zero-order valence-corrected chi connectivity index (χ0v) is 17.6. The number of benzene rings is 2. The van der Waals surface area contributed by atoms with Gasteiger partial charge in [-0.3, -0.25) is 4.79 Å². The van der Waals surface area contributed by atoms with Gasteiger partial charge in [0.25, 0.3) is 0 Å². The van der Waals surface area contributed by atoms with Crippen LogP contribution >= 0.6 is 24.8 Å². The molecule has 3 aromatic rings. The maximum absolute atomic E-state index is 12.6. The topological polar surface area (TPSA) is 59.4 Å². The molecule has 152 valence electrons. The fourth-order valence-electron chi connectivity index (χ4n) is 2.74. The van der Waals surface area contributed by atoms with Gasteiger partial charge >= 0.3 is 0 Å². The first-order valence-corrected chi connectivity index (χ1v) is 8.69. The van der Waals surface area contributed by atoms with E-state index in [1.165, 1.54) is 0 Å². The Hall–Kier alpha value is -2.28. The highest BCUT2D eigenvalue weighted by molar-refractivity contribution is 5.85. The van der Waals surface area contributed by atoms with E-state index in [0.717, 1.165) is 29.2 Å². The third-order valence-corrected chi connectivity index (χ3v) is 4.26. The summed E-state index contributed by atoms with van der Waals surface area (Å²) < 4.78 is 7.79. The lowest BCUT2D eigenvalue weighted by molar-refractivity contribution is -0.130. The Labute approximate surface area is 177 Å². The molecular weight excluding hydrogens is 399 g/mol. The number of likely N-dealkylation sites (N-methyl/N-ethyl adjacent to an activating group) is 2. The Morgan fingerprint density at radius 3 is 2.50 bits per heavy atom. The van der Waals surface area contributed by atoms with Gasteiger partial charge in [-0.05, 0) is 31.3 Å². The van der Waals surface area contributed by atoms with Gasteiger partial charge in [-0.15, -0.1) is 24.8 Å². The van der Waals surface area contributed by atoms with Gasteiger partial charge in [0.2, 0.25) is 5.91 Å². The Kier molecular flexibility index (Phi) is 9.79. The van der Waals surface area contributed by atoms with E-state index in [0.29, 0.717) is 13.2 Å². The van der Waals surface area contributed by atoms with E-state index in [-0.39, 0.29) is 37.3 Å². The van der Waals surface area contributed by atoms with Crippen molar-refractivity contribution in [2.45, 2.75) is 13.2 Å². The van der Waals surface area contributed by atoms with Gasteiger partial charge in [-0.2, -0.15) is 0 Å². The minimum Gasteiger partial charge on any atom is -0.486 e. The van der Waals surface area contributed by atoms with Gasteiger partial charge in [0, 0.05) is 20.1 Å². The molecular formula is C20H26Cl2N4O2. The lowest BCUT2D eigenvalue weighted by Gasteiger charge is -2.18. The maximum Gasteiger partial charge on any atom is 0.242 e. The number of aromatic nitrogens is 2. The standard InChI is InChI=1S/C20H24N4O2.2ClH/c1-21-12-13-23(2)20(25)14-24-18-11-7-6-10-17(18)22-19(24)15-26-16-8-4-3-5-9-16;;/h3-11,21H,12-15H2,1-2H3;2*1H. The van der Waals surface area contributed by atoms with Crippen LogP contribution in [-0.2, 0) is 17.9 Å². The SMILES string of the molecule is CNCCN(C)C(=O)Cn1c(COc2ccccc2)nc2ccccc21.Cl.Cl. The van der Waals surface area contributed by atoms with Crippen LogP contribution < -0.4 is 10.1 Å². The van der Waals surface area contributed by atoms with Gasteiger partial charge in [0.05, 0.1) is 11.0 Å². The van der Waals surface area contributed by atoms with Crippen LogP contribution in [0.1, 0.15) is 5.82 Å². The van der Waals surface area contributed by atoms with E-state index in [9.17, 15) is 4.79 Å². The average molecular weight is 425 g/mol. The first kappa shape index (κ1) is 23.8. The Morgan fingerprint density at radius 2 is 1.79 bits per heavy atom. The fourth-order valence-corrected chi connectivity index (χ4v) is 2.74. The summed E-state index contributed by atoms with van der Waals surface area (Å²) in [5.41, 5.74) is 1.80. The zero-order valence-electron chi connectivity index (χ0n) is 16.0. The number of hydrogen-bond acceptors (Lipinski definition) is 4. The van der Waals surface area contributed by atoms with E-state index in [4.69, 9.17) is 4.74 Å². The van der Waals surface area contributed by atoms with Gasteiger partial charge in [-0.1, -0.05) is 30.3 Å². The van der Waals surface area contributed by atoms with E-state index in [2.05, 4.69) is 10.3 Å². The molecule has 2 aromatic carbocycles. The second-order valence-electron chi connectivity index (χ2n) is 6.12. The molecule has 28 heavy (non-hydrogen) atoms. The smallest absolute Gasteiger partial charge is 0.242 e. The third-order valence-electron chi connectivity index (χ3n) is 4.26. The molecule has 3 rings (SSSR count). The first-order valence-electron chi connectivity index (χ1n) is 8.69. The van der Waals surface area contributed by atoms with Crippen LogP contribution in [0.3, 0.4) is 0 Å². The predicted octanol–water partition coefficient (Wildman–Crippen LogP) is 3.14. The summed E-state index contributed by atoms with van der Waals surface area (Å²) in [5.74, 6) is 1.57. The highest BCUT2D eigenvalue weighted by Gasteiger charge is 2.16. The number of imidazole rings is 1. The quantitative estimate of drug-likeness (QED) is 0.603. The van der Waals surface area contributed by atoms with Crippen molar-refractivity contribution < 1.29 is 9.53 Å². The number of nitrogens with one attached hydrogen (secondary N) is 1. The highest BCUT2D eigenvalue weighted by atomic mass is 35.5. The normalized spacial score (nSPS) is 10.1. The van der Waals surface area contributed by atoms with Crippen LogP contribution in [0.5, 0.6) is 5.75 Å². The largest absolute Gasteiger partial charge is 0.486 e. The summed E-state index contributed by atoms with van der Waals surface area (Å²) in [6.45, 7) is 1.98. The minimum absolute atomic E-state index is 0. The molecule has 0 aliphatic rings. The lowest BCUT2D eigenvalue weighted by atomic mass is 10.3. The average Bonchev–Trinajstić information content (AvgIpc) is 3.02. The van der Waals surface area contributed by atoms with Crippen LogP contribution in [0.25, 0.3) is 11.0 Å². The molecule has 1 N–H and O–H groups in total. The molecule has 1 heterocycles. The number of hydrogen-bond donors (Lipinski definition) is 1. The Morgan fingerprint density at radius 1 is 1.11 bits per heavy atom. The fraction of sp³-hybridized carbons (Fsp3) is 0.300. The van der Waals surface area contributed by atoms with E-state index < -0.39 is 0 Å². The molecule has 0 aliphatic heterocycles. The summed E-state index contributed by atoms with van der Waals surface area (Å²) in [5, 5.41) is 3.06. The van der Waals surface area contributed by atoms with Crippen molar-refractivity contribution in [1.82, 2.24) is 19.8 Å². The second-order valence-corrected chi connectivity index (χ2v) is 6.12. The Bertz CT molecular complexity index is 871. The van der Waals surface area contributed by atoms with Gasteiger partial charge < -0.3 is 19.5 Å². The molecule has 0 atom stereocenters. The molecule has 0 aliphatic carbocycles. The number of halogens is 2. The summed E-state index contributed by atoms with van der Waals surface area (Å²) >= 11 is 0. The minimum atomic E-state index is 0. The molecule has 0 bridgehead atoms. The van der Waals surface area contributed by atoms with E-state index in [1.54, 1.807) is 4.90 Å². The van der Waals surface area contributed by atoms with E-state index >= 15 is 0 Å². The predicted molar refractivity (Wildman–Crippen MR) is 117 cm³/mol. The molecule has 0 spiro atoms. The molecule has 8 heteroatoms. The number of ether oxygens (including phenoxy) is 1. The Balaban J connectivity index is 0.00000196. The molecule has 0 radical (unpaired) electrons. The number of amides is 1. The molecule has 0 unspecified atom stereocenters. The number of rotatable bonds is 8. The van der Waals surface area contributed by atoms with Crippen LogP contribution in [0.15, 0.2) is 54.6 Å². The van der Waals surface area contributed by atoms with Crippen LogP contribution in [0, 0.1) is 0 Å². The number of carbonyl (C=O) groups excluding carboxylic acids is 1. The van der Waals surface area contributed by atoms with Crippen molar-refractivity contribution in [2.75, 3.05) is 27.2 Å². The summed E-state index contributed by atoms with van der Waals surface area (Å²) in [4.78, 5) is 19.0. The van der Waals surface area contributed by atoms with E-state index in [1.807, 2.05) is 73.3 Å². The molecule has 6 nitrogen and oxygen atoms in total. The second kappa shape index (κ2) is 11.5. The van der Waals surface area contributed by atoms with Gasteiger partial charge in [0.1, 0.15) is 24.7 Å². The third kappa shape index (κ3) is 5.86. The molecule has 1 amide bonds. The molecule has 1 aromatic heterocycles. The van der Waals surface area contributed by atoms with Crippen molar-refractivity contribution >= 4 is 41.8 Å². The zero-order chi connectivity index (χ0) is 18.4. The van der Waals surface area contributed by atoms with Crippen LogP contribution in [0.4, 0.5) is 0 Å². The van der Waals surface area contributed by atoms with Crippen molar-refractivity contribution in [3.05, 3.63) is 60.4 Å². The summed E-state index contributed by atoms with van der Waals surface area (Å²) in [7, 11) is 3.69. The summed E-state index contributed by atoms with van der Waals surface area (Å²) in [6, 6.07) is 17.5. The lowest BCUT2D eigenvalue weighted by Crippen LogP contribution is -2.35. The number of carbonyl (C=O) groups is 1. The van der Waals surface area contributed by atoms with Gasteiger partial charge in [0.15, 0.2) is 0 Å². The first-order chi connectivity index (χ1) is 12.7. The van der Waals surface area contributed by atoms with Gasteiger partial charge in [-0.25, -0.2) is 4.98 Å². The van der Waals surface area contributed by atoms with Crippen LogP contribution in [-0.4, -0.2) is 47.5 Å². The number of nitrogens with zero attached hydrogens (tertiary/aromatic N) is 3. The van der Waals surface area contributed by atoms with Crippen molar-refractivity contribution in [1.29, 1.82) is 0 Å². The maximum atomic E-state index is 12.6. The molecule has 0 saturated carbocycles. The van der Waals surface area contributed by atoms with Crippen LogP contribution in [0.2, 0.25) is 0 Å². The van der Waals surface area contributed by atoms with Crippen molar-refractivity contribution in [3.8, 4) is 5.75 Å². The highest BCUT2D eigenvalue weighted by Crippen LogP contribution is 2.18.